The van der Waals surface area contributed by atoms with Crippen molar-refractivity contribution in [3.63, 3.8) is 0 Å². The fraction of sp³-hybridized carbons (Fsp3) is 0.250. The van der Waals surface area contributed by atoms with E-state index >= 15 is 0 Å². The monoisotopic (exact) mass is 417 g/mol. The Kier molecular flexibility index (Phi) is 7.49. The number of anilines is 1. The minimum absolute atomic E-state index is 0.0699. The molecule has 0 radical (unpaired) electrons. The summed E-state index contributed by atoms with van der Waals surface area (Å²) in [6, 6.07) is 13.5. The molecule has 154 valence electrons. The van der Waals surface area contributed by atoms with Crippen LogP contribution in [0.2, 0.25) is 0 Å². The number of hydrogen-bond donors (Lipinski definition) is 3. The fourth-order valence-electron chi connectivity index (χ4n) is 2.51. The van der Waals surface area contributed by atoms with Gasteiger partial charge >= 0.3 is 0 Å². The Morgan fingerprint density at radius 1 is 0.897 bits per heavy atom. The van der Waals surface area contributed by atoms with Crippen molar-refractivity contribution >= 4 is 33.2 Å². The highest BCUT2D eigenvalue weighted by Crippen LogP contribution is 2.11. The number of benzene rings is 2. The van der Waals surface area contributed by atoms with Crippen molar-refractivity contribution in [2.75, 3.05) is 24.4 Å². The van der Waals surface area contributed by atoms with Crippen LogP contribution in [0.5, 0.6) is 0 Å². The van der Waals surface area contributed by atoms with Crippen LogP contribution in [-0.2, 0) is 14.6 Å². The van der Waals surface area contributed by atoms with Crippen LogP contribution in [0.1, 0.15) is 27.1 Å². The number of rotatable bonds is 8. The van der Waals surface area contributed by atoms with Gasteiger partial charge in [0.15, 0.2) is 0 Å². The first-order chi connectivity index (χ1) is 13.7. The lowest BCUT2D eigenvalue weighted by molar-refractivity contribution is -0.118. The summed E-state index contributed by atoms with van der Waals surface area (Å²) in [6.45, 7) is 0. The minimum Gasteiger partial charge on any atom is -0.355 e. The van der Waals surface area contributed by atoms with Crippen molar-refractivity contribution in [2.45, 2.75) is 12.5 Å². The summed E-state index contributed by atoms with van der Waals surface area (Å²) in [6.07, 6.45) is 0.998. The maximum absolute atomic E-state index is 12.7. The van der Waals surface area contributed by atoms with Gasteiger partial charge in [-0.3, -0.25) is 14.4 Å². The molecule has 2 aromatic carbocycles. The maximum atomic E-state index is 12.7. The van der Waals surface area contributed by atoms with Gasteiger partial charge in [-0.1, -0.05) is 18.2 Å². The van der Waals surface area contributed by atoms with Crippen molar-refractivity contribution < 1.29 is 22.8 Å². The van der Waals surface area contributed by atoms with E-state index in [1.165, 1.54) is 7.05 Å². The molecule has 9 heteroatoms. The predicted octanol–water partition coefficient (Wildman–Crippen LogP) is 1.22. The number of hydrogen-bond acceptors (Lipinski definition) is 5. The average Bonchev–Trinajstić information content (AvgIpc) is 2.70. The number of nitrogens with one attached hydrogen (secondary N) is 3. The molecule has 0 spiro atoms. The first-order valence-electron chi connectivity index (χ1n) is 8.86. The van der Waals surface area contributed by atoms with Gasteiger partial charge in [-0.2, -0.15) is 0 Å². The largest absolute Gasteiger partial charge is 0.355 e. The summed E-state index contributed by atoms with van der Waals surface area (Å²) < 4.78 is 23.0. The smallest absolute Gasteiger partial charge is 0.251 e. The van der Waals surface area contributed by atoms with Gasteiger partial charge in [0, 0.05) is 30.1 Å². The number of amides is 3. The van der Waals surface area contributed by atoms with E-state index in [0.717, 1.165) is 6.26 Å². The molecular weight excluding hydrogens is 394 g/mol. The predicted molar refractivity (Wildman–Crippen MR) is 110 cm³/mol. The van der Waals surface area contributed by atoms with Gasteiger partial charge in [0.2, 0.25) is 5.91 Å². The molecule has 8 nitrogen and oxygen atoms in total. The van der Waals surface area contributed by atoms with Gasteiger partial charge in [-0.25, -0.2) is 8.42 Å². The Labute approximate surface area is 169 Å². The maximum Gasteiger partial charge on any atom is 0.251 e. The lowest BCUT2D eigenvalue weighted by Gasteiger charge is -2.18. The van der Waals surface area contributed by atoms with Crippen LogP contribution in [0.4, 0.5) is 5.69 Å². The molecule has 3 amide bonds. The summed E-state index contributed by atoms with van der Waals surface area (Å²) in [7, 11) is -1.81. The molecule has 0 bridgehead atoms. The van der Waals surface area contributed by atoms with Crippen molar-refractivity contribution in [3.05, 3.63) is 65.7 Å². The van der Waals surface area contributed by atoms with Gasteiger partial charge in [-0.05, 0) is 42.8 Å². The van der Waals surface area contributed by atoms with E-state index in [-0.39, 0.29) is 18.1 Å². The quantitative estimate of drug-likeness (QED) is 0.596. The third-order valence-corrected chi connectivity index (χ3v) is 5.05. The minimum atomic E-state index is -3.32. The lowest BCUT2D eigenvalue weighted by Crippen LogP contribution is -2.44. The molecule has 0 aliphatic rings. The Balaban J connectivity index is 2.13. The van der Waals surface area contributed by atoms with E-state index in [1.807, 2.05) is 0 Å². The van der Waals surface area contributed by atoms with E-state index in [0.29, 0.717) is 16.8 Å². The first-order valence-corrected chi connectivity index (χ1v) is 10.9. The standard InChI is InChI=1S/C20H23N3O5S/c1-21-18(24)15-8-10-16(11-9-15)22-20(26)17(12-13-29(2,27)28)23-19(25)14-6-4-3-5-7-14/h3-11,17H,12-13H2,1-2H3,(H,21,24)(H,22,26)(H,23,25)/t17-/m0/s1. The highest BCUT2D eigenvalue weighted by molar-refractivity contribution is 7.90. The second kappa shape index (κ2) is 9.83. The normalized spacial score (nSPS) is 11.9. The van der Waals surface area contributed by atoms with E-state index in [2.05, 4.69) is 16.0 Å². The van der Waals surface area contributed by atoms with Crippen LogP contribution < -0.4 is 16.0 Å². The molecule has 0 aromatic heterocycles. The van der Waals surface area contributed by atoms with Crippen molar-refractivity contribution in [3.8, 4) is 0 Å². The summed E-state index contributed by atoms with van der Waals surface area (Å²) in [5, 5.41) is 7.72. The van der Waals surface area contributed by atoms with E-state index in [1.54, 1.807) is 54.6 Å². The van der Waals surface area contributed by atoms with Crippen LogP contribution in [-0.4, -0.2) is 51.2 Å². The van der Waals surface area contributed by atoms with Gasteiger partial charge in [0.1, 0.15) is 15.9 Å². The van der Waals surface area contributed by atoms with Gasteiger partial charge in [0.05, 0.1) is 5.75 Å². The Bertz CT molecular complexity index is 973. The van der Waals surface area contributed by atoms with Crippen LogP contribution in [0.15, 0.2) is 54.6 Å². The lowest BCUT2D eigenvalue weighted by atomic mass is 10.1. The number of carbonyl (C=O) groups is 3. The van der Waals surface area contributed by atoms with Crippen LogP contribution in [0, 0.1) is 0 Å². The second-order valence-corrected chi connectivity index (χ2v) is 8.72. The van der Waals surface area contributed by atoms with Crippen LogP contribution in [0.3, 0.4) is 0 Å². The fourth-order valence-corrected chi connectivity index (χ4v) is 3.17. The Morgan fingerprint density at radius 2 is 1.48 bits per heavy atom. The first kappa shape index (κ1) is 22.1. The van der Waals surface area contributed by atoms with Crippen molar-refractivity contribution in [1.82, 2.24) is 10.6 Å². The number of carbonyl (C=O) groups excluding carboxylic acids is 3. The van der Waals surface area contributed by atoms with Gasteiger partial charge < -0.3 is 16.0 Å². The molecule has 0 aliphatic heterocycles. The topological polar surface area (TPSA) is 121 Å². The molecule has 0 unspecified atom stereocenters. The van der Waals surface area contributed by atoms with Crippen molar-refractivity contribution in [1.29, 1.82) is 0 Å². The van der Waals surface area contributed by atoms with E-state index in [4.69, 9.17) is 0 Å². The third kappa shape index (κ3) is 7.04. The highest BCUT2D eigenvalue weighted by atomic mass is 32.2. The van der Waals surface area contributed by atoms with Crippen LogP contribution in [0.25, 0.3) is 0 Å². The summed E-state index contributed by atoms with van der Waals surface area (Å²) >= 11 is 0. The van der Waals surface area contributed by atoms with E-state index < -0.39 is 27.7 Å². The molecule has 2 rings (SSSR count). The molecule has 0 saturated heterocycles. The molecular formula is C20H23N3O5S. The molecule has 3 N–H and O–H groups in total. The van der Waals surface area contributed by atoms with Crippen LogP contribution >= 0.6 is 0 Å². The summed E-state index contributed by atoms with van der Waals surface area (Å²) in [5.74, 6) is -1.54. The highest BCUT2D eigenvalue weighted by Gasteiger charge is 2.23. The molecule has 1 atom stereocenters. The molecule has 0 heterocycles. The zero-order valence-electron chi connectivity index (χ0n) is 16.1. The molecule has 2 aromatic rings. The summed E-state index contributed by atoms with van der Waals surface area (Å²) in [4.78, 5) is 36.7. The SMILES string of the molecule is CNC(=O)c1ccc(NC(=O)[C@H](CCS(C)(=O)=O)NC(=O)c2ccccc2)cc1. The summed E-state index contributed by atoms with van der Waals surface area (Å²) in [5.41, 5.74) is 1.21. The molecule has 0 aliphatic carbocycles. The zero-order valence-corrected chi connectivity index (χ0v) is 17.0. The third-order valence-electron chi connectivity index (χ3n) is 4.08. The zero-order chi connectivity index (χ0) is 21.4. The molecule has 0 saturated carbocycles. The Hall–Kier alpha value is -3.20. The number of sulfone groups is 1. The van der Waals surface area contributed by atoms with Gasteiger partial charge in [-0.15, -0.1) is 0 Å². The van der Waals surface area contributed by atoms with Crippen molar-refractivity contribution in [2.24, 2.45) is 0 Å². The second-order valence-electron chi connectivity index (χ2n) is 6.46. The van der Waals surface area contributed by atoms with Gasteiger partial charge in [0.25, 0.3) is 11.8 Å². The average molecular weight is 417 g/mol. The molecule has 29 heavy (non-hydrogen) atoms. The van der Waals surface area contributed by atoms with E-state index in [9.17, 15) is 22.8 Å². The molecule has 0 fully saturated rings. The Morgan fingerprint density at radius 3 is 2.03 bits per heavy atom.